The normalized spacial score (nSPS) is 11.4. The van der Waals surface area contributed by atoms with Crippen LogP contribution in [0.25, 0.3) is 0 Å². The summed E-state index contributed by atoms with van der Waals surface area (Å²) in [7, 11) is 1.36. The maximum Gasteiger partial charge on any atom is 1.00 e. The molecule has 2 N–H and O–H groups in total. The quantitative estimate of drug-likeness (QED) is 0.0697. The maximum absolute atomic E-state index is 11.1. The van der Waals surface area contributed by atoms with E-state index < -0.39 is 5.97 Å². The average Bonchev–Trinajstić information content (AvgIpc) is 3.11. The fraction of sp³-hybridized carbons (Fsp3) is 0.209. The van der Waals surface area contributed by atoms with E-state index in [1.165, 1.54) is 19.3 Å². The zero-order valence-corrected chi connectivity index (χ0v) is 33.5. The first kappa shape index (κ1) is 45.0. The summed E-state index contributed by atoms with van der Waals surface area (Å²) in [5.74, 6) is 0.347. The predicted molar refractivity (Wildman–Crippen MR) is 199 cm³/mol. The van der Waals surface area contributed by atoms with Gasteiger partial charge in [-0.3, -0.25) is 0 Å². The molecule has 0 unspecified atom stereocenters. The summed E-state index contributed by atoms with van der Waals surface area (Å²) in [5.41, 5.74) is 4.09. The minimum Gasteiger partial charge on any atom is -0.870 e. The number of rotatable bonds is 14. The van der Waals surface area contributed by atoms with Crippen LogP contribution >= 0.6 is 0 Å². The number of aliphatic carboxylic acids is 1. The Morgan fingerprint density at radius 3 is 1.41 bits per heavy atom. The zero-order chi connectivity index (χ0) is 35.5. The first-order valence-corrected chi connectivity index (χ1v) is 16.1. The van der Waals surface area contributed by atoms with Crippen molar-refractivity contribution in [2.45, 2.75) is 51.7 Å². The summed E-state index contributed by atoms with van der Waals surface area (Å²) in [6, 6.07) is 36.2. The molecule has 0 bridgehead atoms. The van der Waals surface area contributed by atoms with Crippen molar-refractivity contribution in [1.82, 2.24) is 0 Å². The molecule has 0 aliphatic heterocycles. The Balaban J connectivity index is 0.000000491. The molecule has 0 saturated carbocycles. The van der Waals surface area contributed by atoms with Crippen LogP contribution in [0, 0.1) is 0 Å². The Morgan fingerprint density at radius 2 is 1.02 bits per heavy atom. The van der Waals surface area contributed by atoms with Crippen molar-refractivity contribution >= 4 is 11.9 Å². The molecule has 0 atom stereocenters. The van der Waals surface area contributed by atoms with Crippen molar-refractivity contribution in [1.29, 1.82) is 0 Å². The molecule has 51 heavy (non-hydrogen) atoms. The number of methoxy groups -OCH3 is 1. The van der Waals surface area contributed by atoms with Crippen LogP contribution in [0.2, 0.25) is 0 Å². The molecule has 4 aromatic rings. The molecule has 0 fully saturated rings. The number of carbonyl (C=O) groups excluding carboxylic acids is 1. The standard InChI is InChI=1S/C22H24O3.C21H22O3.K.H2O/c1-22(2,15-8-7-14-21(23)24-3)19-12-9-13-20(16-19)25-17-18-10-5-4-6-11-18;1-21(2,14-7-6-13-20(22)23)18-11-8-12-19(15-18)24-16-17-9-4-3-5-10-17;;/h4-16H,17H2,1-3H3;3-15H,16H2,1-2H3,(H,22,23);;1H2/q;;+1;/p-1/b14-7+,15-8+;13-6+,14-7+;;. The molecule has 262 valence electrons. The largest absolute Gasteiger partial charge is 1.00 e. The molecule has 0 spiro atoms. The Labute approximate surface area is 345 Å². The number of carbonyl (C=O) groups is 2. The number of hydrogen-bond acceptors (Lipinski definition) is 6. The summed E-state index contributed by atoms with van der Waals surface area (Å²) < 4.78 is 16.3. The third-order valence-corrected chi connectivity index (χ3v) is 7.57. The second-order valence-electron chi connectivity index (χ2n) is 12.3. The Bertz CT molecular complexity index is 1740. The van der Waals surface area contributed by atoms with Crippen molar-refractivity contribution in [3.63, 3.8) is 0 Å². The van der Waals surface area contributed by atoms with Crippen molar-refractivity contribution in [2.24, 2.45) is 0 Å². The summed E-state index contributed by atoms with van der Waals surface area (Å²) in [5, 5.41) is 8.61. The number of carboxylic acid groups (broad SMARTS) is 1. The summed E-state index contributed by atoms with van der Waals surface area (Å²) in [4.78, 5) is 21.6. The first-order valence-electron chi connectivity index (χ1n) is 16.1. The van der Waals surface area contributed by atoms with Crippen LogP contribution < -0.4 is 60.9 Å². The second kappa shape index (κ2) is 23.5. The van der Waals surface area contributed by atoms with Gasteiger partial charge < -0.3 is 24.8 Å². The van der Waals surface area contributed by atoms with Crippen LogP contribution in [0.1, 0.15) is 49.9 Å². The van der Waals surface area contributed by atoms with Gasteiger partial charge in [0.25, 0.3) is 0 Å². The van der Waals surface area contributed by atoms with Crippen molar-refractivity contribution in [3.8, 4) is 11.5 Å². The van der Waals surface area contributed by atoms with Crippen LogP contribution in [0.5, 0.6) is 11.5 Å². The van der Waals surface area contributed by atoms with Crippen molar-refractivity contribution < 1.29 is 85.8 Å². The number of ether oxygens (including phenoxy) is 3. The average molecular weight is 715 g/mol. The minimum atomic E-state index is -0.950. The molecule has 0 radical (unpaired) electrons. The van der Waals surface area contributed by atoms with Crippen LogP contribution in [0.3, 0.4) is 0 Å². The van der Waals surface area contributed by atoms with Gasteiger partial charge in [-0.2, -0.15) is 0 Å². The zero-order valence-electron chi connectivity index (χ0n) is 30.4. The third-order valence-electron chi connectivity index (χ3n) is 7.57. The number of benzene rings is 4. The van der Waals surface area contributed by atoms with E-state index in [-0.39, 0.29) is 73.7 Å². The van der Waals surface area contributed by atoms with E-state index in [2.05, 4.69) is 44.6 Å². The van der Waals surface area contributed by atoms with Gasteiger partial charge in [0.15, 0.2) is 0 Å². The van der Waals surface area contributed by atoms with Gasteiger partial charge in [-0.1, -0.05) is 149 Å². The summed E-state index contributed by atoms with van der Waals surface area (Å²) in [6.07, 6.45) is 13.4. The smallest absolute Gasteiger partial charge is 0.870 e. The van der Waals surface area contributed by atoms with E-state index >= 15 is 0 Å². The fourth-order valence-corrected chi connectivity index (χ4v) is 4.58. The van der Waals surface area contributed by atoms with Gasteiger partial charge >= 0.3 is 63.3 Å². The molecule has 0 saturated heterocycles. The monoisotopic (exact) mass is 714 g/mol. The van der Waals surface area contributed by atoms with E-state index in [0.29, 0.717) is 13.2 Å². The Hall–Kier alpha value is -4.02. The SMILES string of the molecule is CC(C)(/C=C/C=C/C(=O)O)c1cccc(OCc2ccccc2)c1.COC(=O)/C=C/C=C/C(C)(C)c1cccc(OCc2ccccc2)c1.[K+].[OH-]. The molecule has 4 rings (SSSR count). The van der Waals surface area contributed by atoms with Gasteiger partial charge in [0.2, 0.25) is 0 Å². The van der Waals surface area contributed by atoms with Crippen molar-refractivity contribution in [2.75, 3.05) is 7.11 Å². The maximum atomic E-state index is 11.1. The third kappa shape index (κ3) is 17.2. The van der Waals surface area contributed by atoms with Crippen LogP contribution in [-0.2, 0) is 38.4 Å². The van der Waals surface area contributed by atoms with Gasteiger partial charge in [-0.05, 0) is 46.5 Å². The van der Waals surface area contributed by atoms with Gasteiger partial charge in [0, 0.05) is 23.0 Å². The van der Waals surface area contributed by atoms with Gasteiger partial charge in [-0.15, -0.1) is 0 Å². The first-order chi connectivity index (χ1) is 23.5. The molecule has 0 aromatic heterocycles. The Morgan fingerprint density at radius 1 is 0.608 bits per heavy atom. The molecule has 0 aliphatic rings. The number of esters is 1. The molecule has 0 heterocycles. The van der Waals surface area contributed by atoms with E-state index in [0.717, 1.165) is 39.8 Å². The van der Waals surface area contributed by atoms with Crippen LogP contribution in [-0.4, -0.2) is 29.6 Å². The van der Waals surface area contributed by atoms with Gasteiger partial charge in [0.05, 0.1) is 7.11 Å². The molecule has 4 aromatic carbocycles. The second-order valence-corrected chi connectivity index (χ2v) is 12.3. The number of hydrogen-bond donors (Lipinski definition) is 1. The topological polar surface area (TPSA) is 112 Å². The molecular formula is C43H47KO7. The van der Waals surface area contributed by atoms with Crippen LogP contribution in [0.15, 0.2) is 158 Å². The number of allylic oxidation sites excluding steroid dienone is 6. The van der Waals surface area contributed by atoms with E-state index in [9.17, 15) is 9.59 Å². The molecule has 0 aliphatic carbocycles. The van der Waals surface area contributed by atoms with Gasteiger partial charge in [-0.25, -0.2) is 9.59 Å². The van der Waals surface area contributed by atoms with E-state index in [1.807, 2.05) is 115 Å². The minimum absolute atomic E-state index is 0. The summed E-state index contributed by atoms with van der Waals surface area (Å²) in [6.45, 7) is 9.46. The van der Waals surface area contributed by atoms with E-state index in [1.54, 1.807) is 12.2 Å². The van der Waals surface area contributed by atoms with Gasteiger partial charge in [0.1, 0.15) is 24.7 Å². The summed E-state index contributed by atoms with van der Waals surface area (Å²) >= 11 is 0. The van der Waals surface area contributed by atoms with Crippen molar-refractivity contribution in [3.05, 3.63) is 180 Å². The predicted octanol–water partition coefficient (Wildman–Crippen LogP) is 6.40. The number of carboxylic acids is 1. The fourth-order valence-electron chi connectivity index (χ4n) is 4.58. The van der Waals surface area contributed by atoms with E-state index in [4.69, 9.17) is 14.6 Å². The molecule has 8 heteroatoms. The molecule has 7 nitrogen and oxygen atoms in total. The molecule has 0 amide bonds. The Kier molecular flexibility index (Phi) is 20.7. The van der Waals surface area contributed by atoms with Crippen LogP contribution in [0.4, 0.5) is 0 Å². The molecular weight excluding hydrogens is 668 g/mol.